The lowest BCUT2D eigenvalue weighted by Crippen LogP contribution is -2.22. The Morgan fingerprint density at radius 3 is 2.67 bits per heavy atom. The summed E-state index contributed by atoms with van der Waals surface area (Å²) < 4.78 is 26.2. The molecule has 0 aliphatic rings. The zero-order valence-electron chi connectivity index (χ0n) is 8.17. The molecule has 1 aromatic heterocycles. The van der Waals surface area contributed by atoms with Crippen molar-refractivity contribution in [3.8, 4) is 0 Å². The van der Waals surface area contributed by atoms with Crippen LogP contribution in [0.5, 0.6) is 0 Å². The van der Waals surface area contributed by atoms with Gasteiger partial charge in [0, 0.05) is 6.54 Å². The fraction of sp³-hybridized carbons (Fsp3) is 0.667. The van der Waals surface area contributed by atoms with Gasteiger partial charge in [-0.2, -0.15) is 0 Å². The van der Waals surface area contributed by atoms with E-state index in [4.69, 9.17) is 15.3 Å². The highest BCUT2D eigenvalue weighted by Crippen LogP contribution is 2.10. The van der Waals surface area contributed by atoms with Crippen LogP contribution < -0.4 is 16.2 Å². The van der Waals surface area contributed by atoms with Crippen LogP contribution >= 0.6 is 0 Å². The van der Waals surface area contributed by atoms with Gasteiger partial charge >= 0.3 is 6.01 Å². The molecule has 0 aliphatic heterocycles. The number of primary sulfonamides is 1. The van der Waals surface area contributed by atoms with Crippen molar-refractivity contribution in [1.29, 1.82) is 0 Å². The third-order valence-corrected chi connectivity index (χ3v) is 2.27. The number of nitrogens with two attached hydrogens (primary N) is 2. The largest absolute Gasteiger partial charge is 0.406 e. The van der Waals surface area contributed by atoms with E-state index in [2.05, 4.69) is 15.5 Å². The first-order valence-corrected chi connectivity index (χ1v) is 5.93. The van der Waals surface area contributed by atoms with Crippen LogP contribution in [0, 0.1) is 0 Å². The zero-order chi connectivity index (χ0) is 11.5. The van der Waals surface area contributed by atoms with E-state index in [9.17, 15) is 8.42 Å². The van der Waals surface area contributed by atoms with Gasteiger partial charge in [0.25, 0.3) is 0 Å². The van der Waals surface area contributed by atoms with E-state index < -0.39 is 10.0 Å². The molecule has 0 aliphatic carbocycles. The highest BCUT2D eigenvalue weighted by atomic mass is 32.2. The number of anilines is 1. The zero-order valence-corrected chi connectivity index (χ0v) is 8.99. The number of hydrogen-bond acceptors (Lipinski definition) is 7. The first-order valence-electron chi connectivity index (χ1n) is 4.22. The quantitative estimate of drug-likeness (QED) is 0.582. The van der Waals surface area contributed by atoms with E-state index >= 15 is 0 Å². The first kappa shape index (κ1) is 11.9. The second kappa shape index (κ2) is 4.55. The Morgan fingerprint density at radius 1 is 1.53 bits per heavy atom. The van der Waals surface area contributed by atoms with E-state index in [1.54, 1.807) is 6.92 Å². The summed E-state index contributed by atoms with van der Waals surface area (Å²) in [7, 11) is -3.48. The Morgan fingerprint density at radius 2 is 2.20 bits per heavy atom. The molecule has 0 amide bonds. The maximum atomic E-state index is 10.6. The Labute approximate surface area is 87.1 Å². The van der Waals surface area contributed by atoms with Crippen LogP contribution in [0.25, 0.3) is 0 Å². The summed E-state index contributed by atoms with van der Waals surface area (Å²) >= 11 is 0. The summed E-state index contributed by atoms with van der Waals surface area (Å²) in [5.74, 6) is 0.0798. The van der Waals surface area contributed by atoms with Gasteiger partial charge in [-0.05, 0) is 6.92 Å². The Hall–Kier alpha value is -1.19. The maximum absolute atomic E-state index is 10.6. The molecule has 0 spiro atoms. The molecule has 15 heavy (non-hydrogen) atoms. The summed E-state index contributed by atoms with van der Waals surface area (Å²) in [5.41, 5.74) is 5.49. The Balaban J connectivity index is 2.45. The van der Waals surface area contributed by atoms with Crippen LogP contribution in [-0.2, 0) is 10.0 Å². The molecule has 1 atom stereocenters. The monoisotopic (exact) mass is 235 g/mol. The summed E-state index contributed by atoms with van der Waals surface area (Å²) in [4.78, 5) is 0. The summed E-state index contributed by atoms with van der Waals surface area (Å²) in [6, 6.07) is -0.225. The van der Waals surface area contributed by atoms with Crippen molar-refractivity contribution in [2.24, 2.45) is 10.9 Å². The lowest BCUT2D eigenvalue weighted by molar-refractivity contribution is 0.473. The topological polar surface area (TPSA) is 137 Å². The van der Waals surface area contributed by atoms with Crippen LogP contribution in [0.1, 0.15) is 18.9 Å². The number of aromatic nitrogens is 2. The molecular weight excluding hydrogens is 222 g/mol. The number of sulfonamides is 1. The predicted octanol–water partition coefficient (Wildman–Crippen LogP) is -1.21. The Bertz CT molecular complexity index is 412. The van der Waals surface area contributed by atoms with E-state index in [-0.39, 0.29) is 30.2 Å². The Kier molecular flexibility index (Phi) is 3.61. The van der Waals surface area contributed by atoms with Gasteiger partial charge in [0.2, 0.25) is 15.9 Å². The van der Waals surface area contributed by atoms with Crippen molar-refractivity contribution in [3.05, 3.63) is 5.89 Å². The maximum Gasteiger partial charge on any atom is 0.315 e. The molecule has 1 rings (SSSR count). The molecule has 1 unspecified atom stereocenters. The average Bonchev–Trinajstić information content (AvgIpc) is 2.50. The van der Waals surface area contributed by atoms with Crippen molar-refractivity contribution >= 4 is 16.0 Å². The second-order valence-corrected chi connectivity index (χ2v) is 4.76. The molecule has 1 aromatic rings. The summed E-state index contributed by atoms with van der Waals surface area (Å²) in [5, 5.41) is 14.7. The molecule has 0 fully saturated rings. The molecule has 0 bridgehead atoms. The molecule has 0 saturated heterocycles. The highest BCUT2D eigenvalue weighted by Gasteiger charge is 2.10. The fourth-order valence-corrected chi connectivity index (χ4v) is 1.18. The van der Waals surface area contributed by atoms with Crippen LogP contribution in [0.4, 0.5) is 6.01 Å². The van der Waals surface area contributed by atoms with Gasteiger partial charge < -0.3 is 15.5 Å². The minimum Gasteiger partial charge on any atom is -0.406 e. The van der Waals surface area contributed by atoms with E-state index in [0.29, 0.717) is 0 Å². The smallest absolute Gasteiger partial charge is 0.315 e. The minimum atomic E-state index is -3.48. The predicted molar refractivity (Wildman–Crippen MR) is 53.4 cm³/mol. The molecule has 8 nitrogen and oxygen atoms in total. The van der Waals surface area contributed by atoms with Crippen LogP contribution in [0.3, 0.4) is 0 Å². The average molecular weight is 235 g/mol. The first-order chi connectivity index (χ1) is 6.88. The van der Waals surface area contributed by atoms with E-state index in [1.165, 1.54) is 0 Å². The number of rotatable bonds is 5. The van der Waals surface area contributed by atoms with Gasteiger partial charge in [-0.1, -0.05) is 5.10 Å². The van der Waals surface area contributed by atoms with Crippen molar-refractivity contribution in [3.63, 3.8) is 0 Å². The SMILES string of the molecule is CC(N)c1nnc(NCCS(N)(=O)=O)o1. The lowest BCUT2D eigenvalue weighted by Gasteiger charge is -1.99. The summed E-state index contributed by atoms with van der Waals surface area (Å²) in [6.45, 7) is 1.81. The van der Waals surface area contributed by atoms with E-state index in [0.717, 1.165) is 0 Å². The fourth-order valence-electron chi connectivity index (χ4n) is 0.790. The third-order valence-electron chi connectivity index (χ3n) is 1.49. The molecule has 0 radical (unpaired) electrons. The number of nitrogens with zero attached hydrogens (tertiary/aromatic N) is 2. The second-order valence-electron chi connectivity index (χ2n) is 3.03. The molecule has 9 heteroatoms. The molecule has 1 heterocycles. The molecular formula is C6H13N5O3S. The van der Waals surface area contributed by atoms with Gasteiger partial charge in [-0.25, -0.2) is 13.6 Å². The molecule has 0 saturated carbocycles. The van der Waals surface area contributed by atoms with Crippen molar-refractivity contribution in [1.82, 2.24) is 10.2 Å². The van der Waals surface area contributed by atoms with Crippen molar-refractivity contribution in [2.45, 2.75) is 13.0 Å². The van der Waals surface area contributed by atoms with Gasteiger partial charge in [-0.15, -0.1) is 5.10 Å². The number of nitrogens with one attached hydrogen (secondary N) is 1. The van der Waals surface area contributed by atoms with Crippen molar-refractivity contribution < 1.29 is 12.8 Å². The van der Waals surface area contributed by atoms with E-state index in [1.807, 2.05) is 0 Å². The number of hydrogen-bond donors (Lipinski definition) is 3. The minimum absolute atomic E-state index is 0.111. The van der Waals surface area contributed by atoms with Gasteiger partial charge in [0.15, 0.2) is 0 Å². The highest BCUT2D eigenvalue weighted by molar-refractivity contribution is 7.89. The van der Waals surface area contributed by atoms with Crippen LogP contribution in [-0.4, -0.2) is 30.9 Å². The standard InChI is InChI=1S/C6H13N5O3S/c1-4(7)5-10-11-6(14-5)9-2-3-15(8,12)13/h4H,2-3,7H2,1H3,(H,9,11)(H2,8,12,13). The molecule has 5 N–H and O–H groups in total. The van der Waals surface area contributed by atoms with Crippen LogP contribution in [0.2, 0.25) is 0 Å². The summed E-state index contributed by atoms with van der Waals surface area (Å²) in [6.07, 6.45) is 0. The van der Waals surface area contributed by atoms with Gasteiger partial charge in [0.1, 0.15) is 0 Å². The molecule has 86 valence electrons. The van der Waals surface area contributed by atoms with Crippen molar-refractivity contribution in [2.75, 3.05) is 17.6 Å². The normalized spacial score (nSPS) is 13.8. The van der Waals surface area contributed by atoms with Crippen LogP contribution in [0.15, 0.2) is 4.42 Å². The molecule has 0 aromatic carbocycles. The van der Waals surface area contributed by atoms with Gasteiger partial charge in [0.05, 0.1) is 11.8 Å². The lowest BCUT2D eigenvalue weighted by atomic mass is 10.4. The van der Waals surface area contributed by atoms with Gasteiger partial charge in [-0.3, -0.25) is 0 Å². The third kappa shape index (κ3) is 4.23.